The third-order valence-electron chi connectivity index (χ3n) is 2.82. The Morgan fingerprint density at radius 1 is 1.32 bits per heavy atom. The summed E-state index contributed by atoms with van der Waals surface area (Å²) in [5.41, 5.74) is 0.683. The van der Waals surface area contributed by atoms with Crippen molar-refractivity contribution >= 4 is 10.0 Å². The molecule has 0 heterocycles. The Labute approximate surface area is 115 Å². The van der Waals surface area contributed by atoms with Crippen molar-refractivity contribution in [2.45, 2.75) is 45.1 Å². The first-order valence-electron chi connectivity index (χ1n) is 6.39. The molecule has 108 valence electrons. The van der Waals surface area contributed by atoms with Gasteiger partial charge in [0.05, 0.1) is 11.0 Å². The molecule has 0 fully saturated rings. The predicted octanol–water partition coefficient (Wildman–Crippen LogP) is 2.45. The largest absolute Gasteiger partial charge is 0.389 e. The van der Waals surface area contributed by atoms with E-state index in [9.17, 15) is 13.5 Å². The van der Waals surface area contributed by atoms with E-state index in [1.54, 1.807) is 19.1 Å². The van der Waals surface area contributed by atoms with E-state index < -0.39 is 16.1 Å². The van der Waals surface area contributed by atoms with Gasteiger partial charge < -0.3 is 5.11 Å². The lowest BCUT2D eigenvalue weighted by Crippen LogP contribution is -2.27. The molecule has 1 aromatic carbocycles. The highest BCUT2D eigenvalue weighted by molar-refractivity contribution is 7.89. The summed E-state index contributed by atoms with van der Waals surface area (Å²) in [6.07, 6.45) is 0.0900. The Bertz CT molecular complexity index is 516. The molecule has 0 aliphatic heterocycles. The smallest absolute Gasteiger partial charge is 0.240 e. The van der Waals surface area contributed by atoms with Crippen LogP contribution in [0.3, 0.4) is 0 Å². The lowest BCUT2D eigenvalue weighted by atomic mass is 9.93. The predicted molar refractivity (Wildman–Crippen MR) is 76.3 cm³/mol. The first-order valence-corrected chi connectivity index (χ1v) is 7.88. The van der Waals surface area contributed by atoms with Crippen LogP contribution in [0.1, 0.15) is 45.8 Å². The second kappa shape index (κ2) is 6.03. The van der Waals surface area contributed by atoms with Gasteiger partial charge in [-0.1, -0.05) is 32.9 Å². The maximum absolute atomic E-state index is 12.1. The molecule has 5 heteroatoms. The van der Waals surface area contributed by atoms with Crippen molar-refractivity contribution in [3.8, 4) is 0 Å². The fraction of sp³-hybridized carbons (Fsp3) is 0.571. The fourth-order valence-corrected chi connectivity index (χ4v) is 2.67. The first kappa shape index (κ1) is 16.1. The van der Waals surface area contributed by atoms with Crippen LogP contribution in [0.4, 0.5) is 0 Å². The molecule has 0 radical (unpaired) electrons. The molecule has 19 heavy (non-hydrogen) atoms. The van der Waals surface area contributed by atoms with Gasteiger partial charge >= 0.3 is 0 Å². The number of aliphatic hydroxyl groups excluding tert-OH is 1. The van der Waals surface area contributed by atoms with Crippen LogP contribution in [0.2, 0.25) is 0 Å². The van der Waals surface area contributed by atoms with Crippen LogP contribution in [-0.2, 0) is 10.0 Å². The maximum atomic E-state index is 12.1. The van der Waals surface area contributed by atoms with Crippen LogP contribution in [0, 0.1) is 5.41 Å². The summed E-state index contributed by atoms with van der Waals surface area (Å²) in [6, 6.07) is 6.38. The topological polar surface area (TPSA) is 66.4 Å². The molecule has 1 aromatic rings. The van der Waals surface area contributed by atoms with E-state index in [4.69, 9.17) is 0 Å². The van der Waals surface area contributed by atoms with Crippen molar-refractivity contribution in [3.05, 3.63) is 29.8 Å². The van der Waals surface area contributed by atoms with E-state index in [1.807, 2.05) is 0 Å². The van der Waals surface area contributed by atoms with Gasteiger partial charge in [0.2, 0.25) is 10.0 Å². The molecule has 0 aromatic heterocycles. The molecule has 1 atom stereocenters. The van der Waals surface area contributed by atoms with E-state index in [0.29, 0.717) is 12.1 Å². The minimum atomic E-state index is -3.50. The molecule has 0 amide bonds. The molecule has 4 nitrogen and oxygen atoms in total. The van der Waals surface area contributed by atoms with Crippen LogP contribution in [0.5, 0.6) is 0 Å². The molecule has 1 unspecified atom stereocenters. The Morgan fingerprint density at radius 3 is 2.47 bits per heavy atom. The second-order valence-corrected chi connectivity index (χ2v) is 7.72. The summed E-state index contributed by atoms with van der Waals surface area (Å²) in [5, 5.41) is 9.48. The van der Waals surface area contributed by atoms with Gasteiger partial charge in [0.15, 0.2) is 0 Å². The molecule has 2 N–H and O–H groups in total. The summed E-state index contributed by atoms with van der Waals surface area (Å²) in [5.74, 6) is 0. The third kappa shape index (κ3) is 5.30. The highest BCUT2D eigenvalue weighted by atomic mass is 32.2. The molecule has 0 saturated heterocycles. The quantitative estimate of drug-likeness (QED) is 0.873. The molecule has 1 rings (SSSR count). The van der Waals surface area contributed by atoms with Crippen LogP contribution >= 0.6 is 0 Å². The number of hydrogen-bond acceptors (Lipinski definition) is 3. The SMILES string of the molecule is CC(O)c1cccc(S(=O)(=O)NCCC(C)(C)C)c1. The summed E-state index contributed by atoms with van der Waals surface area (Å²) >= 11 is 0. The number of nitrogens with one attached hydrogen (secondary N) is 1. The Kier molecular flexibility index (Phi) is 5.12. The van der Waals surface area contributed by atoms with Gasteiger partial charge in [-0.25, -0.2) is 13.1 Å². The molecular formula is C14H23NO3S. The van der Waals surface area contributed by atoms with Crippen LogP contribution in [0.25, 0.3) is 0 Å². The minimum absolute atomic E-state index is 0.0873. The highest BCUT2D eigenvalue weighted by Crippen LogP contribution is 2.19. The number of hydrogen-bond donors (Lipinski definition) is 2. The van der Waals surface area contributed by atoms with Crippen molar-refractivity contribution in [2.24, 2.45) is 5.41 Å². The molecule has 0 bridgehead atoms. The van der Waals surface area contributed by atoms with Crippen molar-refractivity contribution < 1.29 is 13.5 Å². The molecular weight excluding hydrogens is 262 g/mol. The summed E-state index contributed by atoms with van der Waals surface area (Å²) < 4.78 is 26.8. The summed E-state index contributed by atoms with van der Waals surface area (Å²) in [6.45, 7) is 8.21. The van der Waals surface area contributed by atoms with Crippen molar-refractivity contribution in [1.29, 1.82) is 0 Å². The molecule has 0 aliphatic rings. The first-order chi connectivity index (χ1) is 8.62. The number of rotatable bonds is 5. The van der Waals surface area contributed by atoms with Crippen molar-refractivity contribution in [3.63, 3.8) is 0 Å². The number of benzene rings is 1. The number of aliphatic hydroxyl groups is 1. The summed E-state index contributed by atoms with van der Waals surface area (Å²) in [7, 11) is -3.50. The van der Waals surface area contributed by atoms with Gasteiger partial charge in [-0.15, -0.1) is 0 Å². The van der Waals surface area contributed by atoms with Gasteiger partial charge in [0.1, 0.15) is 0 Å². The standard InChI is InChI=1S/C14H23NO3S/c1-11(16)12-6-5-7-13(10-12)19(17,18)15-9-8-14(2,3)4/h5-7,10-11,15-16H,8-9H2,1-4H3. The second-order valence-electron chi connectivity index (χ2n) is 5.96. The van der Waals surface area contributed by atoms with Crippen molar-refractivity contribution in [2.75, 3.05) is 6.54 Å². The van der Waals surface area contributed by atoms with Gasteiger partial charge in [-0.05, 0) is 36.5 Å². The van der Waals surface area contributed by atoms with Crippen LogP contribution < -0.4 is 4.72 Å². The zero-order chi connectivity index (χ0) is 14.7. The van der Waals surface area contributed by atoms with Crippen LogP contribution in [-0.4, -0.2) is 20.1 Å². The molecule has 0 spiro atoms. The zero-order valence-electron chi connectivity index (χ0n) is 12.0. The van der Waals surface area contributed by atoms with E-state index in [2.05, 4.69) is 25.5 Å². The molecule has 0 aliphatic carbocycles. The third-order valence-corrected chi connectivity index (χ3v) is 4.28. The monoisotopic (exact) mass is 285 g/mol. The van der Waals surface area contributed by atoms with Gasteiger partial charge in [0.25, 0.3) is 0 Å². The lowest BCUT2D eigenvalue weighted by Gasteiger charge is -2.18. The normalized spacial score (nSPS) is 14.4. The molecule has 0 saturated carbocycles. The average Bonchev–Trinajstić information content (AvgIpc) is 2.27. The van der Waals surface area contributed by atoms with Gasteiger partial charge in [-0.2, -0.15) is 0 Å². The minimum Gasteiger partial charge on any atom is -0.389 e. The van der Waals surface area contributed by atoms with Crippen LogP contribution in [0.15, 0.2) is 29.2 Å². The van der Waals surface area contributed by atoms with E-state index in [1.165, 1.54) is 12.1 Å². The Morgan fingerprint density at radius 2 is 1.95 bits per heavy atom. The average molecular weight is 285 g/mol. The van der Waals surface area contributed by atoms with E-state index in [0.717, 1.165) is 6.42 Å². The van der Waals surface area contributed by atoms with E-state index >= 15 is 0 Å². The Balaban J connectivity index is 2.80. The van der Waals surface area contributed by atoms with Crippen molar-refractivity contribution in [1.82, 2.24) is 4.72 Å². The lowest BCUT2D eigenvalue weighted by molar-refractivity contribution is 0.199. The number of sulfonamides is 1. The summed E-state index contributed by atoms with van der Waals surface area (Å²) in [4.78, 5) is 0.194. The van der Waals surface area contributed by atoms with E-state index in [-0.39, 0.29) is 10.3 Å². The maximum Gasteiger partial charge on any atom is 0.240 e. The fourth-order valence-electron chi connectivity index (χ4n) is 1.59. The van der Waals surface area contributed by atoms with Gasteiger partial charge in [-0.3, -0.25) is 0 Å². The Hall–Kier alpha value is -0.910. The van der Waals surface area contributed by atoms with Gasteiger partial charge in [0, 0.05) is 6.54 Å². The zero-order valence-corrected chi connectivity index (χ0v) is 12.8. The highest BCUT2D eigenvalue weighted by Gasteiger charge is 2.17.